The lowest BCUT2D eigenvalue weighted by atomic mass is 10.2. The molecule has 0 unspecified atom stereocenters. The Morgan fingerprint density at radius 1 is 1.44 bits per heavy atom. The SMILES string of the molecule is CC(C)OC(=O)c1cc2cccc(N)c2o1. The van der Waals surface area contributed by atoms with E-state index in [1.165, 1.54) is 0 Å². The maximum atomic E-state index is 11.6. The first-order valence-corrected chi connectivity index (χ1v) is 5.07. The molecule has 0 spiro atoms. The first kappa shape index (κ1) is 10.5. The number of anilines is 1. The van der Waals surface area contributed by atoms with Crippen LogP contribution in [0.1, 0.15) is 24.4 Å². The van der Waals surface area contributed by atoms with Crippen LogP contribution < -0.4 is 5.73 Å². The number of rotatable bonds is 2. The van der Waals surface area contributed by atoms with E-state index in [9.17, 15) is 4.79 Å². The molecule has 2 aromatic rings. The number of para-hydroxylation sites is 1. The molecule has 1 heterocycles. The largest absolute Gasteiger partial charge is 0.457 e. The van der Waals surface area contributed by atoms with Gasteiger partial charge in [-0.15, -0.1) is 0 Å². The molecule has 1 aromatic carbocycles. The average Bonchev–Trinajstić information content (AvgIpc) is 2.61. The molecule has 0 aliphatic heterocycles. The molecule has 4 heteroatoms. The van der Waals surface area contributed by atoms with Crippen LogP contribution in [0.4, 0.5) is 5.69 Å². The van der Waals surface area contributed by atoms with Crippen LogP contribution in [0.3, 0.4) is 0 Å². The van der Waals surface area contributed by atoms with Crippen molar-refractivity contribution in [3.63, 3.8) is 0 Å². The Balaban J connectivity index is 2.40. The van der Waals surface area contributed by atoms with Gasteiger partial charge in [0.05, 0.1) is 11.8 Å². The molecule has 84 valence electrons. The predicted molar refractivity (Wildman–Crippen MR) is 61.2 cm³/mol. The quantitative estimate of drug-likeness (QED) is 0.622. The second-order valence-corrected chi connectivity index (χ2v) is 3.83. The number of carbonyl (C=O) groups is 1. The number of nitrogen functional groups attached to an aromatic ring is 1. The lowest BCUT2D eigenvalue weighted by molar-refractivity contribution is 0.0344. The van der Waals surface area contributed by atoms with E-state index in [0.717, 1.165) is 5.39 Å². The number of furan rings is 1. The fourth-order valence-corrected chi connectivity index (χ4v) is 1.46. The van der Waals surface area contributed by atoms with Crippen LogP contribution in [0.5, 0.6) is 0 Å². The van der Waals surface area contributed by atoms with E-state index in [1.807, 2.05) is 12.1 Å². The van der Waals surface area contributed by atoms with Crippen molar-refractivity contribution < 1.29 is 13.9 Å². The minimum Gasteiger partial charge on any atom is -0.457 e. The van der Waals surface area contributed by atoms with Crippen LogP contribution in [0.25, 0.3) is 11.0 Å². The summed E-state index contributed by atoms with van der Waals surface area (Å²) in [7, 11) is 0. The number of carbonyl (C=O) groups excluding carboxylic acids is 1. The van der Waals surface area contributed by atoms with E-state index >= 15 is 0 Å². The highest BCUT2D eigenvalue weighted by Gasteiger charge is 2.15. The van der Waals surface area contributed by atoms with Crippen molar-refractivity contribution >= 4 is 22.6 Å². The Bertz CT molecular complexity index is 528. The summed E-state index contributed by atoms with van der Waals surface area (Å²) in [6, 6.07) is 7.01. The molecular weight excluding hydrogens is 206 g/mol. The summed E-state index contributed by atoms with van der Waals surface area (Å²) in [6.07, 6.45) is -0.168. The molecule has 0 saturated carbocycles. The van der Waals surface area contributed by atoms with Gasteiger partial charge in [-0.1, -0.05) is 12.1 Å². The Morgan fingerprint density at radius 3 is 2.81 bits per heavy atom. The van der Waals surface area contributed by atoms with Gasteiger partial charge in [-0.3, -0.25) is 0 Å². The number of ether oxygens (including phenoxy) is 1. The third-order valence-corrected chi connectivity index (χ3v) is 2.12. The second-order valence-electron chi connectivity index (χ2n) is 3.83. The highest BCUT2D eigenvalue weighted by atomic mass is 16.6. The zero-order chi connectivity index (χ0) is 11.7. The fraction of sp³-hybridized carbons (Fsp3) is 0.250. The van der Waals surface area contributed by atoms with E-state index in [0.29, 0.717) is 11.3 Å². The summed E-state index contributed by atoms with van der Waals surface area (Å²) in [5, 5.41) is 0.802. The maximum absolute atomic E-state index is 11.6. The molecule has 4 nitrogen and oxygen atoms in total. The van der Waals surface area contributed by atoms with Gasteiger partial charge in [0.15, 0.2) is 5.58 Å². The number of esters is 1. The normalized spacial score (nSPS) is 10.9. The van der Waals surface area contributed by atoms with Crippen molar-refractivity contribution in [3.8, 4) is 0 Å². The smallest absolute Gasteiger partial charge is 0.374 e. The van der Waals surface area contributed by atoms with E-state index in [-0.39, 0.29) is 11.9 Å². The van der Waals surface area contributed by atoms with Gasteiger partial charge in [-0.05, 0) is 26.0 Å². The Morgan fingerprint density at radius 2 is 2.19 bits per heavy atom. The van der Waals surface area contributed by atoms with Crippen molar-refractivity contribution in [3.05, 3.63) is 30.0 Å². The van der Waals surface area contributed by atoms with Crippen LogP contribution in [-0.2, 0) is 4.74 Å². The summed E-state index contributed by atoms with van der Waals surface area (Å²) in [6.45, 7) is 3.57. The standard InChI is InChI=1S/C12H13NO3/c1-7(2)15-12(14)10-6-8-4-3-5-9(13)11(8)16-10/h3-7H,13H2,1-2H3. The molecule has 1 aromatic heterocycles. The van der Waals surface area contributed by atoms with Gasteiger partial charge in [0, 0.05) is 5.39 Å². The molecule has 0 atom stereocenters. The number of nitrogens with two attached hydrogens (primary N) is 1. The highest BCUT2D eigenvalue weighted by molar-refractivity contribution is 5.96. The zero-order valence-corrected chi connectivity index (χ0v) is 9.19. The van der Waals surface area contributed by atoms with Crippen LogP contribution in [0.2, 0.25) is 0 Å². The van der Waals surface area contributed by atoms with E-state index < -0.39 is 5.97 Å². The number of benzene rings is 1. The first-order valence-electron chi connectivity index (χ1n) is 5.07. The van der Waals surface area contributed by atoms with E-state index in [1.54, 1.807) is 26.0 Å². The van der Waals surface area contributed by atoms with Crippen LogP contribution >= 0.6 is 0 Å². The van der Waals surface area contributed by atoms with Gasteiger partial charge in [-0.2, -0.15) is 0 Å². The van der Waals surface area contributed by atoms with Gasteiger partial charge in [0.1, 0.15) is 0 Å². The van der Waals surface area contributed by atoms with E-state index in [4.69, 9.17) is 14.9 Å². The monoisotopic (exact) mass is 219 g/mol. The Labute approximate surface area is 93.0 Å². The molecule has 0 fully saturated rings. The molecular formula is C12H13NO3. The van der Waals surface area contributed by atoms with Crippen molar-refractivity contribution in [2.24, 2.45) is 0 Å². The van der Waals surface area contributed by atoms with Crippen LogP contribution in [0.15, 0.2) is 28.7 Å². The summed E-state index contributed by atoms with van der Waals surface area (Å²) in [5.41, 5.74) is 6.77. The molecule has 16 heavy (non-hydrogen) atoms. The molecule has 0 amide bonds. The molecule has 2 rings (SSSR count). The summed E-state index contributed by atoms with van der Waals surface area (Å²) >= 11 is 0. The van der Waals surface area contributed by atoms with Crippen molar-refractivity contribution in [2.75, 3.05) is 5.73 Å². The second kappa shape index (κ2) is 3.89. The topological polar surface area (TPSA) is 65.5 Å². The number of fused-ring (bicyclic) bond motifs is 1. The zero-order valence-electron chi connectivity index (χ0n) is 9.19. The Kier molecular flexibility index (Phi) is 2.56. The summed E-state index contributed by atoms with van der Waals surface area (Å²) < 4.78 is 10.4. The van der Waals surface area contributed by atoms with Gasteiger partial charge in [0.25, 0.3) is 0 Å². The minimum absolute atomic E-state index is 0.168. The third kappa shape index (κ3) is 1.86. The average molecular weight is 219 g/mol. The van der Waals surface area contributed by atoms with E-state index in [2.05, 4.69) is 0 Å². The lowest BCUT2D eigenvalue weighted by Gasteiger charge is -2.04. The van der Waals surface area contributed by atoms with Crippen molar-refractivity contribution in [2.45, 2.75) is 20.0 Å². The number of hydrogen-bond acceptors (Lipinski definition) is 4. The number of hydrogen-bond donors (Lipinski definition) is 1. The third-order valence-electron chi connectivity index (χ3n) is 2.12. The molecule has 0 saturated heterocycles. The van der Waals surface area contributed by atoms with Gasteiger partial charge in [0.2, 0.25) is 5.76 Å². The summed E-state index contributed by atoms with van der Waals surface area (Å²) in [5.74, 6) is -0.285. The molecule has 0 bridgehead atoms. The van der Waals surface area contributed by atoms with Crippen molar-refractivity contribution in [1.29, 1.82) is 0 Å². The van der Waals surface area contributed by atoms with Crippen molar-refractivity contribution in [1.82, 2.24) is 0 Å². The van der Waals surface area contributed by atoms with Crippen LogP contribution in [0, 0.1) is 0 Å². The van der Waals surface area contributed by atoms with Gasteiger partial charge >= 0.3 is 5.97 Å². The van der Waals surface area contributed by atoms with Gasteiger partial charge in [-0.25, -0.2) is 4.79 Å². The first-order chi connectivity index (χ1) is 7.58. The lowest BCUT2D eigenvalue weighted by Crippen LogP contribution is -2.10. The van der Waals surface area contributed by atoms with Gasteiger partial charge < -0.3 is 14.9 Å². The molecule has 0 aliphatic rings. The predicted octanol–water partition coefficient (Wildman–Crippen LogP) is 2.58. The van der Waals surface area contributed by atoms with Crippen LogP contribution in [-0.4, -0.2) is 12.1 Å². The minimum atomic E-state index is -0.467. The Hall–Kier alpha value is -1.97. The molecule has 0 radical (unpaired) electrons. The molecule has 2 N–H and O–H groups in total. The highest BCUT2D eigenvalue weighted by Crippen LogP contribution is 2.25. The molecule has 0 aliphatic carbocycles. The summed E-state index contributed by atoms with van der Waals surface area (Å²) in [4.78, 5) is 11.6. The fourth-order valence-electron chi connectivity index (χ4n) is 1.46. The maximum Gasteiger partial charge on any atom is 0.374 e.